The summed E-state index contributed by atoms with van der Waals surface area (Å²) in [5.41, 5.74) is 0. The van der Waals surface area contributed by atoms with Crippen molar-refractivity contribution in [3.63, 3.8) is 0 Å². The first kappa shape index (κ1) is 15.6. The van der Waals surface area contributed by atoms with Gasteiger partial charge in [-0.05, 0) is 6.42 Å². The maximum absolute atomic E-state index is 12.5. The normalized spacial score (nSPS) is 25.3. The number of aliphatic carboxylic acids is 1. The summed E-state index contributed by atoms with van der Waals surface area (Å²) < 4.78 is 74.0. The maximum atomic E-state index is 12.5. The highest BCUT2D eigenvalue weighted by Crippen LogP contribution is 2.38. The summed E-state index contributed by atoms with van der Waals surface area (Å²) in [4.78, 5) is 21.7. The van der Waals surface area contributed by atoms with E-state index < -0.39 is 55.6 Å². The topological polar surface area (TPSA) is 57.6 Å². The molecule has 0 radical (unpaired) electrons. The second kappa shape index (κ2) is 4.89. The summed E-state index contributed by atoms with van der Waals surface area (Å²) in [6.07, 6.45) is -10.9. The molecule has 1 aliphatic rings. The Morgan fingerprint density at radius 1 is 1.11 bits per heavy atom. The highest BCUT2D eigenvalue weighted by Gasteiger charge is 2.53. The molecule has 19 heavy (non-hydrogen) atoms. The van der Waals surface area contributed by atoms with Gasteiger partial charge in [0.25, 0.3) is 0 Å². The number of amides is 1. The molecule has 0 saturated carbocycles. The number of carboxylic acid groups (broad SMARTS) is 1. The number of halogens is 6. The molecule has 1 heterocycles. The molecule has 10 heteroatoms. The minimum absolute atomic E-state index is 0.0982. The van der Waals surface area contributed by atoms with Crippen LogP contribution in [0.1, 0.15) is 6.42 Å². The third-order valence-electron chi connectivity index (χ3n) is 2.88. The lowest BCUT2D eigenvalue weighted by atomic mass is 9.85. The molecule has 0 unspecified atom stereocenters. The van der Waals surface area contributed by atoms with E-state index in [1.165, 1.54) is 0 Å². The van der Waals surface area contributed by atoms with Crippen molar-refractivity contribution in [1.29, 1.82) is 0 Å². The molecule has 1 saturated heterocycles. The van der Waals surface area contributed by atoms with Crippen LogP contribution in [0.25, 0.3) is 0 Å². The quantitative estimate of drug-likeness (QED) is 0.748. The van der Waals surface area contributed by atoms with Gasteiger partial charge in [0.1, 0.15) is 0 Å². The van der Waals surface area contributed by atoms with Crippen molar-refractivity contribution in [3.05, 3.63) is 0 Å². The van der Waals surface area contributed by atoms with Gasteiger partial charge in [0.05, 0.1) is 11.8 Å². The second-order valence-electron chi connectivity index (χ2n) is 4.13. The van der Waals surface area contributed by atoms with Gasteiger partial charge < -0.3 is 10.0 Å². The third kappa shape index (κ3) is 3.51. The van der Waals surface area contributed by atoms with Crippen LogP contribution in [0, 0.1) is 11.8 Å². The molecule has 1 aliphatic heterocycles. The lowest BCUT2D eigenvalue weighted by Crippen LogP contribution is -2.53. The van der Waals surface area contributed by atoms with Gasteiger partial charge in [-0.3, -0.25) is 9.59 Å². The lowest BCUT2D eigenvalue weighted by molar-refractivity contribution is -0.214. The minimum atomic E-state index is -5.23. The SMILES string of the molecule is O=C(O)[C@@H]1CN(C(=O)C(F)(F)F)CC[C@H]1C(F)(F)F. The van der Waals surface area contributed by atoms with Crippen molar-refractivity contribution in [2.75, 3.05) is 13.1 Å². The number of carbonyl (C=O) groups is 2. The van der Waals surface area contributed by atoms with E-state index >= 15 is 0 Å². The monoisotopic (exact) mass is 293 g/mol. The number of hydrogen-bond acceptors (Lipinski definition) is 2. The van der Waals surface area contributed by atoms with Gasteiger partial charge in [-0.25, -0.2) is 0 Å². The standard InChI is InChI=1S/C9H9F6NO3/c10-8(11,12)5-1-2-16(3-4(5)6(17)18)7(19)9(13,14)15/h4-5H,1-3H2,(H,17,18)/t4-,5-/m1/s1. The molecule has 1 N–H and O–H groups in total. The molecule has 4 nitrogen and oxygen atoms in total. The lowest BCUT2D eigenvalue weighted by Gasteiger charge is -2.37. The largest absolute Gasteiger partial charge is 0.481 e. The van der Waals surface area contributed by atoms with Crippen LogP contribution in [0.4, 0.5) is 26.3 Å². The van der Waals surface area contributed by atoms with Crippen LogP contribution in [0.15, 0.2) is 0 Å². The number of likely N-dealkylation sites (tertiary alicyclic amines) is 1. The molecular formula is C9H9F6NO3. The number of alkyl halides is 6. The zero-order valence-corrected chi connectivity index (χ0v) is 9.25. The van der Waals surface area contributed by atoms with E-state index in [4.69, 9.17) is 5.11 Å². The first-order valence-electron chi connectivity index (χ1n) is 5.10. The number of nitrogens with zero attached hydrogens (tertiary/aromatic N) is 1. The van der Waals surface area contributed by atoms with Gasteiger partial charge in [0.2, 0.25) is 0 Å². The Bertz CT molecular complexity index is 377. The molecule has 0 spiro atoms. The van der Waals surface area contributed by atoms with Crippen molar-refractivity contribution in [2.45, 2.75) is 18.8 Å². The van der Waals surface area contributed by atoms with Crippen LogP contribution >= 0.6 is 0 Å². The van der Waals surface area contributed by atoms with Gasteiger partial charge in [-0.2, -0.15) is 26.3 Å². The first-order valence-corrected chi connectivity index (χ1v) is 5.10. The van der Waals surface area contributed by atoms with Crippen molar-refractivity contribution in [1.82, 2.24) is 4.90 Å². The van der Waals surface area contributed by atoms with Crippen molar-refractivity contribution < 1.29 is 41.0 Å². The summed E-state index contributed by atoms with van der Waals surface area (Å²) >= 11 is 0. The number of rotatable bonds is 1. The number of piperidine rings is 1. The zero-order valence-electron chi connectivity index (χ0n) is 9.25. The van der Waals surface area contributed by atoms with Crippen LogP contribution in [-0.4, -0.2) is 47.3 Å². The summed E-state index contributed by atoms with van der Waals surface area (Å²) in [7, 11) is 0. The fourth-order valence-corrected chi connectivity index (χ4v) is 1.96. The molecule has 1 rings (SSSR count). The van der Waals surface area contributed by atoms with Crippen molar-refractivity contribution >= 4 is 11.9 Å². The average Bonchev–Trinajstić information content (AvgIpc) is 2.24. The fourth-order valence-electron chi connectivity index (χ4n) is 1.96. The van der Waals surface area contributed by atoms with Crippen molar-refractivity contribution in [2.24, 2.45) is 11.8 Å². The van der Waals surface area contributed by atoms with E-state index in [2.05, 4.69) is 0 Å². The highest BCUT2D eigenvalue weighted by molar-refractivity contribution is 5.83. The van der Waals surface area contributed by atoms with Crippen LogP contribution in [0.3, 0.4) is 0 Å². The second-order valence-corrected chi connectivity index (χ2v) is 4.13. The Hall–Kier alpha value is -1.48. The van der Waals surface area contributed by atoms with Gasteiger partial charge in [-0.1, -0.05) is 0 Å². The predicted molar refractivity (Wildman–Crippen MR) is 47.9 cm³/mol. The third-order valence-corrected chi connectivity index (χ3v) is 2.88. The van der Waals surface area contributed by atoms with Gasteiger partial charge >= 0.3 is 24.2 Å². The summed E-state index contributed by atoms with van der Waals surface area (Å²) in [5.74, 6) is -8.52. The number of carboxylic acids is 1. The Kier molecular flexibility index (Phi) is 4.01. The Labute approximate surface area is 103 Å². The van der Waals surface area contributed by atoms with Gasteiger partial charge in [0.15, 0.2) is 0 Å². The molecule has 110 valence electrons. The van der Waals surface area contributed by atoms with E-state index in [-0.39, 0.29) is 4.90 Å². The smallest absolute Gasteiger partial charge is 0.471 e. The Morgan fingerprint density at radius 2 is 1.63 bits per heavy atom. The van der Waals surface area contributed by atoms with Crippen LogP contribution in [-0.2, 0) is 9.59 Å². The van der Waals surface area contributed by atoms with Crippen LogP contribution in [0.5, 0.6) is 0 Å². The van der Waals surface area contributed by atoms with E-state index in [1.807, 2.05) is 0 Å². The van der Waals surface area contributed by atoms with Gasteiger partial charge in [0, 0.05) is 13.1 Å². The molecule has 0 bridgehead atoms. The van der Waals surface area contributed by atoms with Crippen LogP contribution < -0.4 is 0 Å². The minimum Gasteiger partial charge on any atom is -0.481 e. The average molecular weight is 293 g/mol. The number of carbonyl (C=O) groups excluding carboxylic acids is 1. The van der Waals surface area contributed by atoms with E-state index in [0.29, 0.717) is 0 Å². The van der Waals surface area contributed by atoms with E-state index in [1.54, 1.807) is 0 Å². The van der Waals surface area contributed by atoms with E-state index in [9.17, 15) is 35.9 Å². The predicted octanol–water partition coefficient (Wildman–Crippen LogP) is 1.66. The van der Waals surface area contributed by atoms with E-state index in [0.717, 1.165) is 0 Å². The molecule has 1 amide bonds. The van der Waals surface area contributed by atoms with Gasteiger partial charge in [-0.15, -0.1) is 0 Å². The highest BCUT2D eigenvalue weighted by atomic mass is 19.4. The molecular weight excluding hydrogens is 284 g/mol. The molecule has 0 aliphatic carbocycles. The Morgan fingerprint density at radius 3 is 2.00 bits per heavy atom. The summed E-state index contributed by atoms with van der Waals surface area (Å²) in [6, 6.07) is 0. The Balaban J connectivity index is 2.89. The number of hydrogen-bond donors (Lipinski definition) is 1. The summed E-state index contributed by atoms with van der Waals surface area (Å²) in [5, 5.41) is 8.66. The molecule has 0 aromatic rings. The van der Waals surface area contributed by atoms with Crippen LogP contribution in [0.2, 0.25) is 0 Å². The summed E-state index contributed by atoms with van der Waals surface area (Å²) in [6.45, 7) is -1.87. The zero-order chi connectivity index (χ0) is 15.0. The first-order chi connectivity index (χ1) is 8.44. The van der Waals surface area contributed by atoms with Crippen molar-refractivity contribution in [3.8, 4) is 0 Å². The molecule has 2 atom stereocenters. The maximum Gasteiger partial charge on any atom is 0.471 e. The fraction of sp³-hybridized carbons (Fsp3) is 0.778. The molecule has 0 aromatic heterocycles. The molecule has 1 fully saturated rings. The molecule has 0 aromatic carbocycles.